The van der Waals surface area contributed by atoms with Crippen LogP contribution in [0.25, 0.3) is 11.0 Å². The first-order chi connectivity index (χ1) is 9.00. The summed E-state index contributed by atoms with van der Waals surface area (Å²) in [6.07, 6.45) is 3.63. The number of hydrogen-bond acceptors (Lipinski definition) is 4. The smallest absolute Gasteiger partial charge is 0.214 e. The highest BCUT2D eigenvalue weighted by atomic mass is 32.2. The Morgan fingerprint density at radius 3 is 2.95 bits per heavy atom. The molecule has 2 rings (SSSR count). The molecule has 0 saturated heterocycles. The summed E-state index contributed by atoms with van der Waals surface area (Å²) in [7, 11) is -0.0464. The lowest BCUT2D eigenvalue weighted by Crippen LogP contribution is -2.30. The van der Waals surface area contributed by atoms with Crippen LogP contribution in [-0.4, -0.2) is 49.1 Å². The van der Waals surface area contributed by atoms with Crippen LogP contribution in [0.15, 0.2) is 24.5 Å². The molecule has 0 spiro atoms. The number of aromatic nitrogens is 2. The summed E-state index contributed by atoms with van der Waals surface area (Å²) in [5.41, 5.74) is 1.94. The Bertz CT molecular complexity index is 649. The van der Waals surface area contributed by atoms with Gasteiger partial charge in [-0.05, 0) is 17.7 Å². The molecule has 7 heteroatoms. The Kier molecular flexibility index (Phi) is 4.18. The highest BCUT2D eigenvalue weighted by molar-refractivity contribution is 7.89. The summed E-state index contributed by atoms with van der Waals surface area (Å²) in [5, 5.41) is 4.20. The third kappa shape index (κ3) is 3.31. The SMILES string of the molecule is CN(C)S(=O)(=O)CCNCc1c[nH]c2ncccc12. The molecule has 0 aromatic carbocycles. The third-order valence-corrected chi connectivity index (χ3v) is 4.78. The number of sulfonamides is 1. The number of rotatable bonds is 6. The van der Waals surface area contributed by atoms with Crippen LogP contribution >= 0.6 is 0 Å². The van der Waals surface area contributed by atoms with Crippen LogP contribution in [0, 0.1) is 0 Å². The largest absolute Gasteiger partial charge is 0.346 e. The summed E-state index contributed by atoms with van der Waals surface area (Å²) in [5.74, 6) is 0.0978. The zero-order valence-electron chi connectivity index (χ0n) is 11.0. The normalized spacial score (nSPS) is 12.4. The second kappa shape index (κ2) is 5.68. The quantitative estimate of drug-likeness (QED) is 0.758. The zero-order valence-corrected chi connectivity index (χ0v) is 11.9. The Morgan fingerprint density at radius 1 is 1.42 bits per heavy atom. The predicted octanol–water partition coefficient (Wildman–Crippen LogP) is 0.544. The summed E-state index contributed by atoms with van der Waals surface area (Å²) in [6.45, 7) is 1.04. The van der Waals surface area contributed by atoms with Gasteiger partial charge in [0.1, 0.15) is 5.65 Å². The van der Waals surface area contributed by atoms with Crippen LogP contribution in [0.5, 0.6) is 0 Å². The van der Waals surface area contributed by atoms with Crippen molar-refractivity contribution < 1.29 is 8.42 Å². The van der Waals surface area contributed by atoms with Crippen LogP contribution in [-0.2, 0) is 16.6 Å². The van der Waals surface area contributed by atoms with E-state index in [1.165, 1.54) is 4.31 Å². The van der Waals surface area contributed by atoms with Gasteiger partial charge in [-0.25, -0.2) is 17.7 Å². The second-order valence-electron chi connectivity index (χ2n) is 4.49. The molecule has 2 aromatic heterocycles. The van der Waals surface area contributed by atoms with E-state index in [-0.39, 0.29) is 5.75 Å². The molecule has 19 heavy (non-hydrogen) atoms. The van der Waals surface area contributed by atoms with E-state index < -0.39 is 10.0 Å². The Hall–Kier alpha value is -1.44. The molecule has 6 nitrogen and oxygen atoms in total. The van der Waals surface area contributed by atoms with E-state index >= 15 is 0 Å². The Labute approximate surface area is 112 Å². The van der Waals surface area contributed by atoms with E-state index in [1.54, 1.807) is 20.3 Å². The lowest BCUT2D eigenvalue weighted by Gasteiger charge is -2.11. The first kappa shape index (κ1) is 14.0. The average molecular weight is 282 g/mol. The van der Waals surface area contributed by atoms with Gasteiger partial charge in [-0.3, -0.25) is 0 Å². The number of H-pyrrole nitrogens is 1. The van der Waals surface area contributed by atoms with Gasteiger partial charge in [0.2, 0.25) is 10.0 Å². The maximum Gasteiger partial charge on any atom is 0.214 e. The summed E-state index contributed by atoms with van der Waals surface area (Å²) >= 11 is 0. The fraction of sp³-hybridized carbons (Fsp3) is 0.417. The van der Waals surface area contributed by atoms with Gasteiger partial charge in [-0.15, -0.1) is 0 Å². The molecule has 104 valence electrons. The third-order valence-electron chi connectivity index (χ3n) is 2.95. The van der Waals surface area contributed by atoms with Crippen molar-refractivity contribution in [1.82, 2.24) is 19.6 Å². The zero-order chi connectivity index (χ0) is 13.9. The van der Waals surface area contributed by atoms with Gasteiger partial charge in [0.25, 0.3) is 0 Å². The van der Waals surface area contributed by atoms with E-state index in [0.29, 0.717) is 13.1 Å². The highest BCUT2D eigenvalue weighted by Crippen LogP contribution is 2.14. The number of nitrogens with one attached hydrogen (secondary N) is 2. The van der Waals surface area contributed by atoms with E-state index in [4.69, 9.17) is 0 Å². The van der Waals surface area contributed by atoms with Crippen molar-refractivity contribution in [2.45, 2.75) is 6.54 Å². The molecule has 0 fully saturated rings. The molecule has 2 heterocycles. The summed E-state index contributed by atoms with van der Waals surface area (Å²) in [4.78, 5) is 7.29. The molecule has 2 aromatic rings. The second-order valence-corrected chi connectivity index (χ2v) is 6.79. The Morgan fingerprint density at radius 2 is 2.21 bits per heavy atom. The molecule has 0 aliphatic rings. The van der Waals surface area contributed by atoms with Crippen molar-refractivity contribution in [2.24, 2.45) is 0 Å². The molecule has 0 unspecified atom stereocenters. The minimum Gasteiger partial charge on any atom is -0.346 e. The van der Waals surface area contributed by atoms with Crippen LogP contribution in [0.2, 0.25) is 0 Å². The molecular formula is C12H18N4O2S. The molecule has 0 amide bonds. The van der Waals surface area contributed by atoms with E-state index in [0.717, 1.165) is 16.6 Å². The number of aromatic amines is 1. The lowest BCUT2D eigenvalue weighted by molar-refractivity contribution is 0.517. The Balaban J connectivity index is 1.90. The number of nitrogens with zero attached hydrogens (tertiary/aromatic N) is 2. The maximum atomic E-state index is 11.6. The molecule has 0 bridgehead atoms. The molecule has 0 aliphatic heterocycles. The summed E-state index contributed by atoms with van der Waals surface area (Å²) < 4.78 is 24.4. The number of fused-ring (bicyclic) bond motifs is 1. The van der Waals surface area contributed by atoms with Crippen molar-refractivity contribution in [3.63, 3.8) is 0 Å². The summed E-state index contributed by atoms with van der Waals surface area (Å²) in [6, 6.07) is 3.88. The molecule has 0 saturated carbocycles. The molecule has 0 aliphatic carbocycles. The van der Waals surface area contributed by atoms with Crippen molar-refractivity contribution in [3.8, 4) is 0 Å². The van der Waals surface area contributed by atoms with Gasteiger partial charge in [-0.1, -0.05) is 0 Å². The van der Waals surface area contributed by atoms with Gasteiger partial charge in [0, 0.05) is 45.0 Å². The number of pyridine rings is 1. The number of hydrogen-bond donors (Lipinski definition) is 2. The van der Waals surface area contributed by atoms with Gasteiger partial charge in [0.15, 0.2) is 0 Å². The monoisotopic (exact) mass is 282 g/mol. The van der Waals surface area contributed by atoms with E-state index in [9.17, 15) is 8.42 Å². The predicted molar refractivity (Wildman–Crippen MR) is 75.3 cm³/mol. The fourth-order valence-electron chi connectivity index (χ4n) is 1.77. The van der Waals surface area contributed by atoms with Crippen LogP contribution < -0.4 is 5.32 Å². The first-order valence-electron chi connectivity index (χ1n) is 6.02. The van der Waals surface area contributed by atoms with Crippen LogP contribution in [0.4, 0.5) is 0 Å². The highest BCUT2D eigenvalue weighted by Gasteiger charge is 2.12. The van der Waals surface area contributed by atoms with E-state index in [1.807, 2.05) is 18.3 Å². The average Bonchev–Trinajstić information content (AvgIpc) is 2.78. The molecular weight excluding hydrogens is 264 g/mol. The lowest BCUT2D eigenvalue weighted by atomic mass is 10.2. The molecule has 0 atom stereocenters. The van der Waals surface area contributed by atoms with Gasteiger partial charge < -0.3 is 10.3 Å². The van der Waals surface area contributed by atoms with E-state index in [2.05, 4.69) is 15.3 Å². The van der Waals surface area contributed by atoms with Crippen molar-refractivity contribution in [2.75, 3.05) is 26.4 Å². The minimum absolute atomic E-state index is 0.0978. The standard InChI is InChI=1S/C12H18N4O2S/c1-16(2)19(17,18)7-6-13-8-10-9-15-12-11(10)4-3-5-14-12/h3-5,9,13H,6-8H2,1-2H3,(H,14,15). The maximum absolute atomic E-state index is 11.6. The first-order valence-corrected chi connectivity index (χ1v) is 7.63. The molecule has 2 N–H and O–H groups in total. The fourth-order valence-corrected chi connectivity index (χ4v) is 2.53. The topological polar surface area (TPSA) is 78.1 Å². The van der Waals surface area contributed by atoms with Crippen LogP contribution in [0.3, 0.4) is 0 Å². The van der Waals surface area contributed by atoms with Crippen molar-refractivity contribution in [3.05, 3.63) is 30.1 Å². The van der Waals surface area contributed by atoms with Gasteiger partial charge >= 0.3 is 0 Å². The van der Waals surface area contributed by atoms with Gasteiger partial charge in [-0.2, -0.15) is 0 Å². The minimum atomic E-state index is -3.13. The van der Waals surface area contributed by atoms with Crippen LogP contribution in [0.1, 0.15) is 5.56 Å². The molecule has 0 radical (unpaired) electrons. The van der Waals surface area contributed by atoms with Gasteiger partial charge in [0.05, 0.1) is 5.75 Å². The van der Waals surface area contributed by atoms with Crippen molar-refractivity contribution >= 4 is 21.1 Å². The van der Waals surface area contributed by atoms with Crippen molar-refractivity contribution in [1.29, 1.82) is 0 Å².